The normalized spacial score (nSPS) is 20.4. The number of morpholine rings is 1. The topological polar surface area (TPSA) is 91.1 Å². The molecule has 5 heterocycles. The molecule has 1 aromatic carbocycles. The van der Waals surface area contributed by atoms with E-state index in [-0.39, 0.29) is 23.5 Å². The molecule has 4 aromatic rings. The number of halogens is 2. The molecule has 3 aromatic heterocycles. The first-order chi connectivity index (χ1) is 17.8. The van der Waals surface area contributed by atoms with Crippen LogP contribution >= 0.6 is 0 Å². The van der Waals surface area contributed by atoms with Gasteiger partial charge < -0.3 is 14.4 Å². The van der Waals surface area contributed by atoms with E-state index in [1.165, 1.54) is 12.1 Å². The van der Waals surface area contributed by atoms with Gasteiger partial charge >= 0.3 is 0 Å². The number of fused-ring (bicyclic) bond motifs is 1. The number of aromatic nitrogens is 6. The maximum absolute atomic E-state index is 14.9. The molecule has 2 fully saturated rings. The Bertz CT molecular complexity index is 1470. The minimum atomic E-state index is -0.719. The third-order valence-electron chi connectivity index (χ3n) is 6.84. The van der Waals surface area contributed by atoms with E-state index < -0.39 is 11.6 Å². The summed E-state index contributed by atoms with van der Waals surface area (Å²) < 4.78 is 42.0. The smallest absolute Gasteiger partial charge is 0.228 e. The van der Waals surface area contributed by atoms with Crippen LogP contribution in [0, 0.1) is 31.4 Å². The van der Waals surface area contributed by atoms with Crippen molar-refractivity contribution in [2.24, 2.45) is 5.92 Å². The van der Waals surface area contributed by atoms with Crippen LogP contribution in [0.25, 0.3) is 22.4 Å². The fraction of sp³-hybridized carbons (Fsp3) is 0.423. The molecule has 2 aliphatic rings. The zero-order valence-corrected chi connectivity index (χ0v) is 20.9. The van der Waals surface area contributed by atoms with Crippen LogP contribution in [0.2, 0.25) is 0 Å². The summed E-state index contributed by atoms with van der Waals surface area (Å²) in [4.78, 5) is 20.7. The Morgan fingerprint density at radius 2 is 1.84 bits per heavy atom. The minimum absolute atomic E-state index is 0.113. The average Bonchev–Trinajstić information content (AvgIpc) is 3.30. The standard InChI is InChI=1S/C26H27F2N7O2/c1-14-8-34(11-22(37-14)18-7-29-35(10-18)9-17-12-36-13-17)26-32-23(20-5-4-19(27)6-21(20)28)24-25(33-26)31-16(3)15(2)30-24/h4-7,10,14,17,22H,8-9,11-13H2,1-3H3. The molecule has 0 bridgehead atoms. The van der Waals surface area contributed by atoms with Crippen molar-refractivity contribution in [2.75, 3.05) is 31.2 Å². The summed E-state index contributed by atoms with van der Waals surface area (Å²) in [5, 5.41) is 4.51. The second-order valence-electron chi connectivity index (χ2n) is 9.80. The summed E-state index contributed by atoms with van der Waals surface area (Å²) in [6.07, 6.45) is 3.49. The number of anilines is 1. The minimum Gasteiger partial charge on any atom is -0.381 e. The van der Waals surface area contributed by atoms with Crippen molar-refractivity contribution in [3.8, 4) is 11.3 Å². The van der Waals surface area contributed by atoms with Gasteiger partial charge in [0, 0.05) is 42.4 Å². The summed E-state index contributed by atoms with van der Waals surface area (Å²) in [7, 11) is 0. The van der Waals surface area contributed by atoms with E-state index >= 15 is 0 Å². The largest absolute Gasteiger partial charge is 0.381 e. The quantitative estimate of drug-likeness (QED) is 0.403. The van der Waals surface area contributed by atoms with Crippen molar-refractivity contribution in [3.63, 3.8) is 0 Å². The van der Waals surface area contributed by atoms with Crippen molar-refractivity contribution >= 4 is 17.1 Å². The molecule has 2 aliphatic heterocycles. The van der Waals surface area contributed by atoms with Gasteiger partial charge in [0.2, 0.25) is 5.95 Å². The van der Waals surface area contributed by atoms with E-state index in [2.05, 4.69) is 15.1 Å². The van der Waals surface area contributed by atoms with Gasteiger partial charge in [0.05, 0.1) is 43.4 Å². The molecular formula is C26H27F2N7O2. The molecule has 9 nitrogen and oxygen atoms in total. The Kier molecular flexibility index (Phi) is 6.04. The monoisotopic (exact) mass is 507 g/mol. The second kappa shape index (κ2) is 9.38. The fourth-order valence-electron chi connectivity index (χ4n) is 4.71. The second-order valence-corrected chi connectivity index (χ2v) is 9.80. The van der Waals surface area contributed by atoms with Gasteiger partial charge in [-0.05, 0) is 32.9 Å². The van der Waals surface area contributed by atoms with Crippen LogP contribution < -0.4 is 4.90 Å². The number of nitrogens with zero attached hydrogens (tertiary/aromatic N) is 7. The number of hydrogen-bond donors (Lipinski definition) is 0. The first-order valence-electron chi connectivity index (χ1n) is 12.3. The summed E-state index contributed by atoms with van der Waals surface area (Å²) in [6.45, 7) is 9.02. The number of ether oxygens (including phenoxy) is 2. The van der Waals surface area contributed by atoms with Crippen LogP contribution in [0.4, 0.5) is 14.7 Å². The van der Waals surface area contributed by atoms with E-state index in [1.54, 1.807) is 0 Å². The molecule has 6 rings (SSSR count). The Labute approximate surface area is 212 Å². The van der Waals surface area contributed by atoms with E-state index in [9.17, 15) is 8.78 Å². The lowest BCUT2D eigenvalue weighted by molar-refractivity contribution is -0.0409. The first kappa shape index (κ1) is 23.8. The maximum Gasteiger partial charge on any atom is 0.228 e. The number of aryl methyl sites for hydroxylation is 2. The fourth-order valence-corrected chi connectivity index (χ4v) is 4.71. The van der Waals surface area contributed by atoms with Crippen LogP contribution in [-0.2, 0) is 16.0 Å². The van der Waals surface area contributed by atoms with E-state index in [4.69, 9.17) is 19.4 Å². The average molecular weight is 508 g/mol. The summed E-state index contributed by atoms with van der Waals surface area (Å²) >= 11 is 0. The molecule has 0 spiro atoms. The molecule has 2 unspecified atom stereocenters. The van der Waals surface area contributed by atoms with Crippen LogP contribution in [0.15, 0.2) is 30.6 Å². The van der Waals surface area contributed by atoms with Crippen LogP contribution in [0.1, 0.15) is 30.0 Å². The van der Waals surface area contributed by atoms with Crippen molar-refractivity contribution < 1.29 is 18.3 Å². The van der Waals surface area contributed by atoms with Gasteiger partial charge in [-0.3, -0.25) is 4.68 Å². The summed E-state index contributed by atoms with van der Waals surface area (Å²) in [5.41, 5.74) is 3.53. The van der Waals surface area contributed by atoms with Gasteiger partial charge in [-0.15, -0.1) is 0 Å². The van der Waals surface area contributed by atoms with E-state index in [0.717, 1.165) is 37.1 Å². The highest BCUT2D eigenvalue weighted by Gasteiger charge is 2.31. The van der Waals surface area contributed by atoms with Crippen LogP contribution in [0.5, 0.6) is 0 Å². The first-order valence-corrected chi connectivity index (χ1v) is 12.3. The molecule has 11 heteroatoms. The third-order valence-corrected chi connectivity index (χ3v) is 6.84. The number of benzene rings is 1. The Hall–Kier alpha value is -3.57. The summed E-state index contributed by atoms with van der Waals surface area (Å²) in [6, 6.07) is 3.43. The molecule has 0 aliphatic carbocycles. The highest BCUT2D eigenvalue weighted by atomic mass is 19.1. The highest BCUT2D eigenvalue weighted by Crippen LogP contribution is 2.32. The Morgan fingerprint density at radius 1 is 1.03 bits per heavy atom. The lowest BCUT2D eigenvalue weighted by atomic mass is 10.1. The predicted molar refractivity (Wildman–Crippen MR) is 132 cm³/mol. The van der Waals surface area contributed by atoms with Crippen LogP contribution in [0.3, 0.4) is 0 Å². The molecule has 37 heavy (non-hydrogen) atoms. The van der Waals surface area contributed by atoms with Crippen LogP contribution in [-0.4, -0.2) is 62.1 Å². The van der Waals surface area contributed by atoms with E-state index in [0.29, 0.717) is 41.8 Å². The van der Waals surface area contributed by atoms with Crippen molar-refractivity contribution in [3.05, 3.63) is 59.2 Å². The van der Waals surface area contributed by atoms with Gasteiger partial charge in [-0.1, -0.05) is 0 Å². The lowest BCUT2D eigenvalue weighted by Crippen LogP contribution is -2.43. The highest BCUT2D eigenvalue weighted by molar-refractivity contribution is 5.88. The van der Waals surface area contributed by atoms with Crippen molar-refractivity contribution in [2.45, 2.75) is 39.5 Å². The zero-order valence-electron chi connectivity index (χ0n) is 20.9. The molecule has 2 saturated heterocycles. The van der Waals surface area contributed by atoms with Gasteiger partial charge in [0.1, 0.15) is 28.9 Å². The molecule has 192 valence electrons. The SMILES string of the molecule is Cc1nc2nc(N3CC(C)OC(c4cnn(CC5COC5)c4)C3)nc(-c3ccc(F)cc3F)c2nc1C. The molecule has 2 atom stereocenters. The van der Waals surface area contributed by atoms with Gasteiger partial charge in [-0.2, -0.15) is 10.1 Å². The number of hydrogen-bond acceptors (Lipinski definition) is 8. The number of rotatable bonds is 5. The van der Waals surface area contributed by atoms with Crippen molar-refractivity contribution in [1.29, 1.82) is 0 Å². The Morgan fingerprint density at radius 3 is 2.59 bits per heavy atom. The maximum atomic E-state index is 14.9. The third kappa shape index (κ3) is 4.64. The molecule has 0 amide bonds. The van der Waals surface area contributed by atoms with Gasteiger partial charge in [0.15, 0.2) is 5.65 Å². The summed E-state index contributed by atoms with van der Waals surface area (Å²) in [5.74, 6) is -0.500. The zero-order chi connectivity index (χ0) is 25.7. The van der Waals surface area contributed by atoms with E-state index in [1.807, 2.05) is 42.7 Å². The molecule has 0 N–H and O–H groups in total. The molecule has 0 radical (unpaired) electrons. The molecule has 0 saturated carbocycles. The lowest BCUT2D eigenvalue weighted by Gasteiger charge is -2.36. The van der Waals surface area contributed by atoms with Gasteiger partial charge in [0.25, 0.3) is 0 Å². The predicted octanol–water partition coefficient (Wildman–Crippen LogP) is 3.79. The Balaban J connectivity index is 1.37. The van der Waals surface area contributed by atoms with Gasteiger partial charge in [-0.25, -0.2) is 23.7 Å². The van der Waals surface area contributed by atoms with Crippen molar-refractivity contribution in [1.82, 2.24) is 29.7 Å². The molecular weight excluding hydrogens is 480 g/mol.